The molecular formula is C18H29NO2. The molecule has 0 aliphatic rings. The summed E-state index contributed by atoms with van der Waals surface area (Å²) < 4.78 is 0. The van der Waals surface area contributed by atoms with E-state index < -0.39 is 11.5 Å². The van der Waals surface area contributed by atoms with Crippen molar-refractivity contribution < 1.29 is 9.90 Å². The third-order valence-electron chi connectivity index (χ3n) is 4.55. The molecule has 21 heavy (non-hydrogen) atoms. The van der Waals surface area contributed by atoms with Crippen molar-refractivity contribution in [2.75, 3.05) is 0 Å². The first-order valence-corrected chi connectivity index (χ1v) is 7.85. The van der Waals surface area contributed by atoms with Gasteiger partial charge in [-0.25, -0.2) is 0 Å². The molecule has 0 amide bonds. The second-order valence-corrected chi connectivity index (χ2v) is 6.45. The Morgan fingerprint density at radius 2 is 2.05 bits per heavy atom. The molecule has 1 aromatic rings. The molecule has 0 radical (unpaired) electrons. The highest BCUT2D eigenvalue weighted by Gasteiger charge is 2.30. The van der Waals surface area contributed by atoms with Gasteiger partial charge in [0.1, 0.15) is 5.54 Å². The summed E-state index contributed by atoms with van der Waals surface area (Å²) >= 11 is 0. The maximum atomic E-state index is 11.1. The van der Waals surface area contributed by atoms with Crippen LogP contribution in [0.2, 0.25) is 0 Å². The van der Waals surface area contributed by atoms with E-state index >= 15 is 0 Å². The number of nitrogens with two attached hydrogens (primary N) is 1. The van der Waals surface area contributed by atoms with E-state index in [2.05, 4.69) is 39.0 Å². The van der Waals surface area contributed by atoms with E-state index in [9.17, 15) is 4.79 Å². The van der Waals surface area contributed by atoms with Crippen LogP contribution < -0.4 is 5.73 Å². The Morgan fingerprint density at radius 3 is 2.62 bits per heavy atom. The predicted octanol–water partition coefficient (Wildman–Crippen LogP) is 3.84. The minimum Gasteiger partial charge on any atom is -0.480 e. The number of carboxylic acid groups (broad SMARTS) is 1. The van der Waals surface area contributed by atoms with Gasteiger partial charge in [0.15, 0.2) is 0 Å². The molecule has 0 saturated heterocycles. The molecule has 0 spiro atoms. The Labute approximate surface area is 128 Å². The van der Waals surface area contributed by atoms with Gasteiger partial charge in [-0.2, -0.15) is 0 Å². The van der Waals surface area contributed by atoms with Crippen molar-refractivity contribution in [1.82, 2.24) is 0 Å². The highest BCUT2D eigenvalue weighted by Crippen LogP contribution is 2.24. The summed E-state index contributed by atoms with van der Waals surface area (Å²) in [6, 6.07) is 6.43. The van der Waals surface area contributed by atoms with Gasteiger partial charge in [-0.15, -0.1) is 0 Å². The summed E-state index contributed by atoms with van der Waals surface area (Å²) in [6.07, 6.45) is 4.69. The molecule has 3 nitrogen and oxygen atoms in total. The van der Waals surface area contributed by atoms with Crippen LogP contribution in [-0.4, -0.2) is 16.6 Å². The SMILES string of the molecule is CCC(CCCc1cccc(C)c1C)CC(C)(N)C(=O)O. The molecule has 2 atom stereocenters. The number of carbonyl (C=O) groups is 1. The topological polar surface area (TPSA) is 63.3 Å². The first-order valence-electron chi connectivity index (χ1n) is 7.85. The van der Waals surface area contributed by atoms with Crippen molar-refractivity contribution in [2.45, 2.75) is 65.3 Å². The molecule has 0 saturated carbocycles. The van der Waals surface area contributed by atoms with E-state index in [0.717, 1.165) is 25.7 Å². The second kappa shape index (κ2) is 7.60. The van der Waals surface area contributed by atoms with Crippen LogP contribution in [0.15, 0.2) is 18.2 Å². The molecule has 118 valence electrons. The normalized spacial score (nSPS) is 15.5. The van der Waals surface area contributed by atoms with Crippen LogP contribution >= 0.6 is 0 Å². The summed E-state index contributed by atoms with van der Waals surface area (Å²) in [5.74, 6) is -0.531. The van der Waals surface area contributed by atoms with E-state index in [1.807, 2.05) is 0 Å². The standard InChI is InChI=1S/C18H29NO2/c1-5-15(12-18(4,19)17(20)21)9-7-11-16-10-6-8-13(2)14(16)3/h6,8,10,15H,5,7,9,11-12,19H2,1-4H3,(H,20,21). The number of aliphatic carboxylic acids is 1. The van der Waals surface area contributed by atoms with Crippen molar-refractivity contribution in [2.24, 2.45) is 11.7 Å². The summed E-state index contributed by atoms with van der Waals surface area (Å²) in [6.45, 7) is 8.03. The number of hydrogen-bond donors (Lipinski definition) is 2. The second-order valence-electron chi connectivity index (χ2n) is 6.45. The molecule has 0 aliphatic heterocycles. The Morgan fingerprint density at radius 1 is 1.38 bits per heavy atom. The van der Waals surface area contributed by atoms with Gasteiger partial charge in [0, 0.05) is 0 Å². The molecule has 2 unspecified atom stereocenters. The molecule has 0 fully saturated rings. The maximum absolute atomic E-state index is 11.1. The summed E-state index contributed by atoms with van der Waals surface area (Å²) in [5.41, 5.74) is 8.86. The van der Waals surface area contributed by atoms with Crippen LogP contribution in [0.1, 0.15) is 56.2 Å². The van der Waals surface area contributed by atoms with Crippen LogP contribution in [0.5, 0.6) is 0 Å². The Hall–Kier alpha value is -1.35. The molecule has 3 heteroatoms. The van der Waals surface area contributed by atoms with E-state index in [-0.39, 0.29) is 0 Å². The van der Waals surface area contributed by atoms with Gasteiger partial charge in [-0.3, -0.25) is 4.79 Å². The first-order chi connectivity index (χ1) is 9.77. The van der Waals surface area contributed by atoms with Gasteiger partial charge < -0.3 is 10.8 Å². The fourth-order valence-corrected chi connectivity index (χ4v) is 2.80. The average molecular weight is 291 g/mol. The van der Waals surface area contributed by atoms with Gasteiger partial charge in [0.25, 0.3) is 0 Å². The largest absolute Gasteiger partial charge is 0.480 e. The fraction of sp³-hybridized carbons (Fsp3) is 0.611. The third kappa shape index (κ3) is 5.16. The lowest BCUT2D eigenvalue weighted by molar-refractivity contribution is -0.143. The number of rotatable bonds is 8. The summed E-state index contributed by atoms with van der Waals surface area (Å²) in [7, 11) is 0. The fourth-order valence-electron chi connectivity index (χ4n) is 2.80. The summed E-state index contributed by atoms with van der Waals surface area (Å²) in [4.78, 5) is 11.1. The number of hydrogen-bond acceptors (Lipinski definition) is 2. The molecule has 1 rings (SSSR count). The van der Waals surface area contributed by atoms with E-state index in [1.54, 1.807) is 6.92 Å². The highest BCUT2D eigenvalue weighted by atomic mass is 16.4. The highest BCUT2D eigenvalue weighted by molar-refractivity contribution is 5.77. The average Bonchev–Trinajstić information content (AvgIpc) is 2.42. The number of benzene rings is 1. The van der Waals surface area contributed by atoms with E-state index in [1.165, 1.54) is 16.7 Å². The molecule has 0 heterocycles. The van der Waals surface area contributed by atoms with Crippen LogP contribution in [-0.2, 0) is 11.2 Å². The quantitative estimate of drug-likeness (QED) is 0.764. The zero-order chi connectivity index (χ0) is 16.0. The van der Waals surface area contributed by atoms with Crippen LogP contribution in [0.25, 0.3) is 0 Å². The smallest absolute Gasteiger partial charge is 0.323 e. The molecule has 0 bridgehead atoms. The zero-order valence-electron chi connectivity index (χ0n) is 13.8. The number of carboxylic acids is 1. The molecule has 1 aromatic carbocycles. The Balaban J connectivity index is 2.53. The Bertz CT molecular complexity index is 480. The summed E-state index contributed by atoms with van der Waals surface area (Å²) in [5, 5.41) is 9.13. The van der Waals surface area contributed by atoms with Gasteiger partial charge in [0.2, 0.25) is 0 Å². The van der Waals surface area contributed by atoms with Gasteiger partial charge in [-0.1, -0.05) is 38.0 Å². The number of aryl methyl sites for hydroxylation is 2. The van der Waals surface area contributed by atoms with Crippen LogP contribution in [0.3, 0.4) is 0 Å². The van der Waals surface area contributed by atoms with Crippen molar-refractivity contribution in [3.05, 3.63) is 34.9 Å². The van der Waals surface area contributed by atoms with Gasteiger partial charge in [0.05, 0.1) is 0 Å². The van der Waals surface area contributed by atoms with E-state index in [0.29, 0.717) is 12.3 Å². The molecule has 3 N–H and O–H groups in total. The third-order valence-corrected chi connectivity index (χ3v) is 4.55. The zero-order valence-corrected chi connectivity index (χ0v) is 13.8. The van der Waals surface area contributed by atoms with Crippen molar-refractivity contribution >= 4 is 5.97 Å². The van der Waals surface area contributed by atoms with Crippen molar-refractivity contribution in [3.8, 4) is 0 Å². The molecular weight excluding hydrogens is 262 g/mol. The maximum Gasteiger partial charge on any atom is 0.323 e. The first kappa shape index (κ1) is 17.7. The van der Waals surface area contributed by atoms with Crippen molar-refractivity contribution in [1.29, 1.82) is 0 Å². The Kier molecular flexibility index (Phi) is 6.41. The molecule has 0 aromatic heterocycles. The minimum absolute atomic E-state index is 0.376. The van der Waals surface area contributed by atoms with E-state index in [4.69, 9.17) is 10.8 Å². The van der Waals surface area contributed by atoms with Gasteiger partial charge >= 0.3 is 5.97 Å². The lowest BCUT2D eigenvalue weighted by Crippen LogP contribution is -2.46. The van der Waals surface area contributed by atoms with Crippen LogP contribution in [0.4, 0.5) is 0 Å². The van der Waals surface area contributed by atoms with Crippen molar-refractivity contribution in [3.63, 3.8) is 0 Å². The van der Waals surface area contributed by atoms with Gasteiger partial charge in [-0.05, 0) is 62.6 Å². The molecule has 0 aliphatic carbocycles. The minimum atomic E-state index is -1.11. The monoisotopic (exact) mass is 291 g/mol. The predicted molar refractivity (Wildman–Crippen MR) is 87.5 cm³/mol. The van der Waals surface area contributed by atoms with Crippen LogP contribution in [0, 0.1) is 19.8 Å². The lowest BCUT2D eigenvalue weighted by Gasteiger charge is -2.25. The lowest BCUT2D eigenvalue weighted by atomic mass is 9.84.